The lowest BCUT2D eigenvalue weighted by Gasteiger charge is -2.56. The Morgan fingerprint density at radius 2 is 1.60 bits per heavy atom. The maximum Gasteiger partial charge on any atom is 0.325 e. The number of aliphatic hydroxyl groups is 6. The summed E-state index contributed by atoms with van der Waals surface area (Å²) in [5.41, 5.74) is 1.99. The molecule has 22 heteroatoms. The van der Waals surface area contributed by atoms with E-state index in [1.165, 1.54) is 32.1 Å². The molecule has 19 atom stereocenters. The van der Waals surface area contributed by atoms with Crippen molar-refractivity contribution < 1.29 is 82.8 Å². The zero-order valence-corrected chi connectivity index (χ0v) is 49.1. The zero-order valence-electron chi connectivity index (χ0n) is 49.1. The van der Waals surface area contributed by atoms with E-state index in [-0.39, 0.29) is 92.9 Å². The fourth-order valence-corrected chi connectivity index (χ4v) is 11.7. The van der Waals surface area contributed by atoms with Crippen LogP contribution in [-0.4, -0.2) is 155 Å². The number of Topliss-reactive ketones (excluding diaryl/α,β-unsaturated/α-hetero) is 1. The van der Waals surface area contributed by atoms with Crippen molar-refractivity contribution in [2.45, 2.75) is 213 Å². The fraction of sp³-hybridized carbons (Fsp3) is 0.700. The molecule has 1 aromatic rings. The highest BCUT2D eigenvalue weighted by molar-refractivity contribution is 5.93. The average molecular weight is 1160 g/mol. The van der Waals surface area contributed by atoms with Crippen LogP contribution in [0.4, 0.5) is 8.78 Å². The number of rotatable bonds is 16. The van der Waals surface area contributed by atoms with Crippen molar-refractivity contribution >= 4 is 35.4 Å². The van der Waals surface area contributed by atoms with Crippen LogP contribution < -0.4 is 21.4 Å². The number of allylic oxidation sites excluding steroid dienone is 2. The van der Waals surface area contributed by atoms with E-state index in [2.05, 4.69) is 21.4 Å². The number of ether oxygens (including phenoxy) is 2. The summed E-state index contributed by atoms with van der Waals surface area (Å²) >= 11 is 0. The monoisotopic (exact) mass is 1160 g/mol. The number of ketones is 1. The molecule has 19 unspecified atom stereocenters. The Morgan fingerprint density at radius 3 is 2.24 bits per heavy atom. The zero-order chi connectivity index (χ0) is 61.1. The summed E-state index contributed by atoms with van der Waals surface area (Å²) in [5, 5.41) is 88.0. The number of amides is 4. The lowest BCUT2D eigenvalue weighted by Crippen LogP contribution is -2.71. The molecule has 20 nitrogen and oxygen atoms in total. The molecule has 0 aliphatic carbocycles. The number of phenols is 1. The number of halogens is 2. The van der Waals surface area contributed by atoms with E-state index in [1.807, 2.05) is 27.7 Å². The van der Waals surface area contributed by atoms with E-state index in [0.29, 0.717) is 18.4 Å². The number of carbonyl (C=O) groups excluding carboxylic acids is 6. The molecule has 3 saturated heterocycles. The van der Waals surface area contributed by atoms with Crippen LogP contribution in [0.5, 0.6) is 5.75 Å². The standard InChI is InChI=1S/C60H91F2N5O15/c1-11-39-25-33(6)60(65-55(39)76)37(10)53(74)36(9)50(82-60)29-46(71)31(4)19-22-45(70)47(72)24-32(5)49-18-14-12-13-17-44(69)35(8)54(75)40(21-20-34(7)68)56(77)64-52(30(2)3)57(78)63-43(27-38-26-41(61)51(62)48(73)28-38)58(79)67-23-15-16-42(66-67)59(80)81-49/h12-14,17,24,26,28,30-31,33,35-37,39-40,42-47,49-50,52-54,66,69-75H,11,15-16,18-23,25,27,29H2,1-10H3,(H,63,78)(H,64,77)(H,65,76). The molecule has 1 spiro atoms. The maximum atomic E-state index is 14.6. The molecular formula is C60H91F2N5O15. The lowest BCUT2D eigenvalue weighted by atomic mass is 9.69. The van der Waals surface area contributed by atoms with Gasteiger partial charge in [-0.25, -0.2) is 9.82 Å². The predicted octanol–water partition coefficient (Wildman–Crippen LogP) is 3.85. The van der Waals surface area contributed by atoms with E-state index in [4.69, 9.17) is 9.47 Å². The second-order valence-electron chi connectivity index (χ2n) is 24.0. The summed E-state index contributed by atoms with van der Waals surface area (Å²) in [4.78, 5) is 82.3. The Kier molecular flexibility index (Phi) is 24.8. The molecule has 4 amide bonds. The molecule has 4 aliphatic rings. The fourth-order valence-electron chi connectivity index (χ4n) is 11.7. The number of phenolic OH excluding ortho intramolecular Hbond substituents is 1. The largest absolute Gasteiger partial charge is 0.505 e. The summed E-state index contributed by atoms with van der Waals surface area (Å²) in [5.74, 6) is -12.2. The molecule has 82 heavy (non-hydrogen) atoms. The Morgan fingerprint density at radius 1 is 0.902 bits per heavy atom. The van der Waals surface area contributed by atoms with E-state index < -0.39 is 150 Å². The number of nitrogens with zero attached hydrogens (tertiary/aromatic N) is 1. The van der Waals surface area contributed by atoms with Crippen molar-refractivity contribution in [2.75, 3.05) is 6.54 Å². The molecule has 0 aromatic heterocycles. The van der Waals surface area contributed by atoms with E-state index in [9.17, 15) is 73.3 Å². The molecular weight excluding hydrogens is 1070 g/mol. The minimum Gasteiger partial charge on any atom is -0.505 e. The van der Waals surface area contributed by atoms with Crippen LogP contribution in [0.15, 0.2) is 48.1 Å². The van der Waals surface area contributed by atoms with Crippen molar-refractivity contribution in [3.63, 3.8) is 0 Å². The quantitative estimate of drug-likeness (QED) is 0.0827. The first-order valence-corrected chi connectivity index (χ1v) is 29.2. The summed E-state index contributed by atoms with van der Waals surface area (Å²) in [6.45, 7) is 17.1. The van der Waals surface area contributed by atoms with Crippen molar-refractivity contribution in [1.82, 2.24) is 26.4 Å². The molecule has 4 aliphatic heterocycles. The minimum absolute atomic E-state index is 0.00818. The van der Waals surface area contributed by atoms with Gasteiger partial charge in [-0.15, -0.1) is 0 Å². The molecule has 4 heterocycles. The van der Waals surface area contributed by atoms with Crippen LogP contribution in [0.2, 0.25) is 0 Å². The summed E-state index contributed by atoms with van der Waals surface area (Å²) in [6.07, 6.45) is -0.444. The second kappa shape index (κ2) is 30.0. The molecule has 1 aromatic carbocycles. The van der Waals surface area contributed by atoms with Crippen LogP contribution in [0, 0.1) is 59.0 Å². The minimum atomic E-state index is -1.58. The highest BCUT2D eigenvalue weighted by Gasteiger charge is 2.57. The number of hydrazine groups is 1. The molecule has 3 fully saturated rings. The normalized spacial score (nSPS) is 33.8. The molecule has 5 rings (SSSR count). The highest BCUT2D eigenvalue weighted by atomic mass is 19.2. The van der Waals surface area contributed by atoms with Crippen LogP contribution in [0.1, 0.15) is 139 Å². The number of aromatic hydroxyl groups is 1. The van der Waals surface area contributed by atoms with Gasteiger partial charge in [0.1, 0.15) is 35.7 Å². The highest BCUT2D eigenvalue weighted by Crippen LogP contribution is 2.46. The van der Waals surface area contributed by atoms with Gasteiger partial charge in [0.15, 0.2) is 17.4 Å². The van der Waals surface area contributed by atoms with Gasteiger partial charge in [0.25, 0.3) is 5.91 Å². The maximum absolute atomic E-state index is 14.6. The van der Waals surface area contributed by atoms with Crippen LogP contribution in [0.3, 0.4) is 0 Å². The number of cyclic esters (lactones) is 1. The number of carbonyl (C=O) groups is 6. The van der Waals surface area contributed by atoms with Crippen LogP contribution >= 0.6 is 0 Å². The number of hydrogen-bond donors (Lipinski definition) is 11. The smallest absolute Gasteiger partial charge is 0.325 e. The predicted molar refractivity (Wildman–Crippen MR) is 298 cm³/mol. The summed E-state index contributed by atoms with van der Waals surface area (Å²) < 4.78 is 41.6. The van der Waals surface area contributed by atoms with Crippen molar-refractivity contribution in [2.24, 2.45) is 47.3 Å². The van der Waals surface area contributed by atoms with E-state index in [0.717, 1.165) is 17.1 Å². The number of aliphatic hydroxyl groups excluding tert-OH is 6. The molecule has 2 bridgehead atoms. The van der Waals surface area contributed by atoms with Crippen LogP contribution in [0.25, 0.3) is 0 Å². The third-order valence-electron chi connectivity index (χ3n) is 17.5. The van der Waals surface area contributed by atoms with Gasteiger partial charge >= 0.3 is 5.97 Å². The third-order valence-corrected chi connectivity index (χ3v) is 17.5. The molecule has 0 radical (unpaired) electrons. The number of hydrogen-bond acceptors (Lipinski definition) is 16. The van der Waals surface area contributed by atoms with Crippen molar-refractivity contribution in [3.05, 3.63) is 65.3 Å². The first kappa shape index (κ1) is 67.6. The van der Waals surface area contributed by atoms with Gasteiger partial charge in [-0.2, -0.15) is 4.39 Å². The Labute approximate surface area is 480 Å². The number of benzene rings is 1. The van der Waals surface area contributed by atoms with E-state index in [1.54, 1.807) is 39.8 Å². The first-order chi connectivity index (χ1) is 38.5. The van der Waals surface area contributed by atoms with Crippen molar-refractivity contribution in [3.8, 4) is 5.75 Å². The van der Waals surface area contributed by atoms with Gasteiger partial charge in [-0.3, -0.25) is 29.0 Å². The first-order valence-electron chi connectivity index (χ1n) is 29.2. The Balaban J connectivity index is 1.38. The van der Waals surface area contributed by atoms with Gasteiger partial charge < -0.3 is 66.0 Å². The average Bonchev–Trinajstić information content (AvgIpc) is 2.15. The molecule has 11 N–H and O–H groups in total. The lowest BCUT2D eigenvalue weighted by molar-refractivity contribution is -0.267. The Bertz CT molecular complexity index is 2460. The number of nitrogens with one attached hydrogen (secondary N) is 4. The Hall–Kier alpha value is -5.20. The second-order valence-corrected chi connectivity index (χ2v) is 24.0. The van der Waals surface area contributed by atoms with E-state index >= 15 is 0 Å². The third kappa shape index (κ3) is 17.0. The number of esters is 1. The van der Waals surface area contributed by atoms with Crippen LogP contribution in [-0.2, 0) is 44.7 Å². The van der Waals surface area contributed by atoms with Gasteiger partial charge in [-0.1, -0.05) is 85.8 Å². The van der Waals surface area contributed by atoms with Gasteiger partial charge in [0.05, 0.1) is 48.6 Å². The molecule has 0 saturated carbocycles. The number of piperidine rings is 1. The van der Waals surface area contributed by atoms with Crippen molar-refractivity contribution in [1.29, 1.82) is 0 Å². The SMILES string of the molecule is CCC1CC(C)C2(NC1=O)OC(CC(O)C(C)CCC(O)C(O)C=C(C)C1CC=CC=CC(O)C(C)C(O)C(CCC(C)=O)C(=O)NC(C(C)C)C(=O)NC(Cc3cc(O)c(F)c(F)c3)C(=O)N3CCCC(N3)C(=O)O1)C(C)C(O)C2C. The summed E-state index contributed by atoms with van der Waals surface area (Å²) in [6, 6.07) is -2.46. The molecule has 460 valence electrons. The topological polar surface area (TPSA) is 314 Å². The summed E-state index contributed by atoms with van der Waals surface area (Å²) in [7, 11) is 0. The van der Waals surface area contributed by atoms with Gasteiger partial charge in [-0.05, 0) is 93.9 Å². The van der Waals surface area contributed by atoms with Gasteiger partial charge in [0, 0.05) is 61.8 Å². The number of fused-ring (bicyclic) bond motifs is 2. The van der Waals surface area contributed by atoms with Gasteiger partial charge in [0.2, 0.25) is 17.7 Å².